The fourth-order valence-corrected chi connectivity index (χ4v) is 4.72. The number of aromatic nitrogens is 3. The van der Waals surface area contributed by atoms with Gasteiger partial charge in [-0.1, -0.05) is 60.7 Å². The lowest BCUT2D eigenvalue weighted by atomic mass is 10.1. The van der Waals surface area contributed by atoms with Crippen molar-refractivity contribution in [2.24, 2.45) is 0 Å². The lowest BCUT2D eigenvalue weighted by Gasteiger charge is -2.11. The molecule has 7 nitrogen and oxygen atoms in total. The molecule has 0 fully saturated rings. The van der Waals surface area contributed by atoms with E-state index in [1.54, 1.807) is 30.3 Å². The topological polar surface area (TPSA) is 83.0 Å². The molecule has 2 heterocycles. The molecule has 0 saturated heterocycles. The molecule has 0 aliphatic carbocycles. The number of hydrogen-bond acceptors (Lipinski definition) is 4. The van der Waals surface area contributed by atoms with Crippen molar-refractivity contribution in [1.29, 1.82) is 0 Å². The molecule has 6 rings (SSSR count). The fourth-order valence-electron chi connectivity index (χ4n) is 4.72. The van der Waals surface area contributed by atoms with E-state index in [0.29, 0.717) is 22.4 Å². The molecule has 38 heavy (non-hydrogen) atoms. The molecular weight excluding hydrogens is 476 g/mol. The van der Waals surface area contributed by atoms with Crippen molar-refractivity contribution in [1.82, 2.24) is 14.1 Å². The Balaban J connectivity index is 1.48. The average Bonchev–Trinajstić information content (AvgIpc) is 3.30. The van der Waals surface area contributed by atoms with Gasteiger partial charge >= 0.3 is 0 Å². The zero-order valence-electron chi connectivity index (χ0n) is 20.3. The first-order chi connectivity index (χ1) is 18.6. The van der Waals surface area contributed by atoms with E-state index in [1.807, 2.05) is 48.6 Å². The van der Waals surface area contributed by atoms with Crippen molar-refractivity contribution >= 4 is 39.6 Å². The van der Waals surface area contributed by atoms with Crippen molar-refractivity contribution < 1.29 is 4.92 Å². The number of non-ortho nitro benzene ring substituents is 1. The maximum atomic E-state index is 13.6. The van der Waals surface area contributed by atoms with Crippen LogP contribution >= 0.6 is 0 Å². The molecule has 6 aromatic rings. The Morgan fingerprint density at radius 1 is 0.789 bits per heavy atom. The van der Waals surface area contributed by atoms with Crippen LogP contribution in [0.1, 0.15) is 17.0 Å². The number of nitro benzene ring substituents is 1. The molecule has 0 atom stereocenters. The lowest BCUT2D eigenvalue weighted by Crippen LogP contribution is -2.22. The number of para-hydroxylation sites is 2. The molecule has 0 unspecified atom stereocenters. The summed E-state index contributed by atoms with van der Waals surface area (Å²) in [6.07, 6.45) is 5.88. The smallest absolute Gasteiger partial charge is 0.269 e. The molecule has 0 bridgehead atoms. The molecular formula is C31H22N4O3. The van der Waals surface area contributed by atoms with E-state index in [9.17, 15) is 14.9 Å². The van der Waals surface area contributed by atoms with Crippen LogP contribution in [0.5, 0.6) is 0 Å². The van der Waals surface area contributed by atoms with Gasteiger partial charge in [0.25, 0.3) is 11.2 Å². The molecule has 0 aliphatic rings. The summed E-state index contributed by atoms with van der Waals surface area (Å²) in [5, 5.41) is 12.7. The number of benzene rings is 4. The third-order valence-corrected chi connectivity index (χ3v) is 6.55. The van der Waals surface area contributed by atoms with Crippen LogP contribution in [0.15, 0.2) is 114 Å². The van der Waals surface area contributed by atoms with Crippen LogP contribution < -0.4 is 5.56 Å². The second-order valence-electron chi connectivity index (χ2n) is 8.95. The Kier molecular flexibility index (Phi) is 5.86. The van der Waals surface area contributed by atoms with Gasteiger partial charge in [0.2, 0.25) is 0 Å². The molecule has 2 aromatic heterocycles. The molecule has 4 aromatic carbocycles. The minimum Gasteiger partial charge on any atom is -0.342 e. The Morgan fingerprint density at radius 3 is 2.24 bits per heavy atom. The summed E-state index contributed by atoms with van der Waals surface area (Å²) in [4.78, 5) is 29.0. The van der Waals surface area contributed by atoms with E-state index in [-0.39, 0.29) is 11.2 Å². The van der Waals surface area contributed by atoms with Gasteiger partial charge in [0.1, 0.15) is 5.82 Å². The Hall–Kier alpha value is -5.30. The molecule has 0 N–H and O–H groups in total. The van der Waals surface area contributed by atoms with Crippen molar-refractivity contribution in [3.05, 3.63) is 147 Å². The first-order valence-electron chi connectivity index (χ1n) is 12.1. The van der Waals surface area contributed by atoms with E-state index in [2.05, 4.69) is 35.0 Å². The van der Waals surface area contributed by atoms with Crippen molar-refractivity contribution in [3.8, 4) is 5.69 Å². The molecule has 7 heteroatoms. The molecule has 0 aliphatic heterocycles. The molecule has 184 valence electrons. The standard InChI is InChI=1S/C31H22N4O3/c36-31-27-11-4-6-12-28(27)32-30(34(31)24-15-17-25(18-16-24)35(37)38)19-14-23-21-33(20-22-8-2-1-3-9-22)29-13-7-5-10-26(23)29/h1-19,21H,20H2/b19-14+. The minimum atomic E-state index is -0.461. The van der Waals surface area contributed by atoms with Crippen molar-refractivity contribution in [2.75, 3.05) is 0 Å². The highest BCUT2D eigenvalue weighted by Gasteiger charge is 2.13. The third kappa shape index (κ3) is 4.26. The summed E-state index contributed by atoms with van der Waals surface area (Å²) < 4.78 is 3.70. The van der Waals surface area contributed by atoms with E-state index in [4.69, 9.17) is 4.98 Å². The number of rotatable bonds is 6. The normalized spacial score (nSPS) is 11.5. The van der Waals surface area contributed by atoms with E-state index < -0.39 is 4.92 Å². The van der Waals surface area contributed by atoms with Gasteiger partial charge in [0.05, 0.1) is 21.5 Å². The summed E-state index contributed by atoms with van der Waals surface area (Å²) >= 11 is 0. The highest BCUT2D eigenvalue weighted by atomic mass is 16.6. The number of fused-ring (bicyclic) bond motifs is 2. The third-order valence-electron chi connectivity index (χ3n) is 6.55. The maximum absolute atomic E-state index is 13.6. The summed E-state index contributed by atoms with van der Waals surface area (Å²) in [6, 6.07) is 31.6. The van der Waals surface area contributed by atoms with Gasteiger partial charge in [0, 0.05) is 41.3 Å². The van der Waals surface area contributed by atoms with Gasteiger partial charge in [0.15, 0.2) is 0 Å². The predicted octanol–water partition coefficient (Wildman–Crippen LogP) is 6.47. The zero-order valence-corrected chi connectivity index (χ0v) is 20.3. The summed E-state index contributed by atoms with van der Waals surface area (Å²) in [7, 11) is 0. The largest absolute Gasteiger partial charge is 0.342 e. The van der Waals surface area contributed by atoms with Gasteiger partial charge in [-0.25, -0.2) is 4.98 Å². The van der Waals surface area contributed by atoms with Crippen LogP contribution in [0.3, 0.4) is 0 Å². The number of nitrogens with zero attached hydrogens (tertiary/aromatic N) is 4. The Labute approximate surface area is 217 Å². The highest BCUT2D eigenvalue weighted by Crippen LogP contribution is 2.25. The second-order valence-corrected chi connectivity index (χ2v) is 8.95. The van der Waals surface area contributed by atoms with Gasteiger partial charge in [-0.3, -0.25) is 19.5 Å². The van der Waals surface area contributed by atoms with Crippen molar-refractivity contribution in [3.63, 3.8) is 0 Å². The maximum Gasteiger partial charge on any atom is 0.269 e. The fraction of sp³-hybridized carbons (Fsp3) is 0.0323. The van der Waals surface area contributed by atoms with Crippen LogP contribution in [0.25, 0.3) is 39.6 Å². The Bertz CT molecular complexity index is 1880. The SMILES string of the molecule is O=c1c2ccccc2nc(/C=C/c2cn(Cc3ccccc3)c3ccccc23)n1-c1ccc([N+](=O)[O-])cc1. The zero-order chi connectivity index (χ0) is 26.1. The van der Waals surface area contributed by atoms with Gasteiger partial charge in [-0.05, 0) is 48.0 Å². The summed E-state index contributed by atoms with van der Waals surface area (Å²) in [5.41, 5.74) is 4.11. The molecule has 0 amide bonds. The van der Waals surface area contributed by atoms with E-state index in [1.165, 1.54) is 22.3 Å². The van der Waals surface area contributed by atoms with Crippen molar-refractivity contribution in [2.45, 2.75) is 6.54 Å². The first kappa shape index (κ1) is 23.1. The summed E-state index contributed by atoms with van der Waals surface area (Å²) in [6.45, 7) is 0.733. The van der Waals surface area contributed by atoms with Crippen LogP contribution in [0.2, 0.25) is 0 Å². The molecule has 0 radical (unpaired) electrons. The summed E-state index contributed by atoms with van der Waals surface area (Å²) in [5.74, 6) is 0.433. The second kappa shape index (κ2) is 9.63. The van der Waals surface area contributed by atoms with Crippen LogP contribution in [0.4, 0.5) is 5.69 Å². The van der Waals surface area contributed by atoms with Crippen LogP contribution in [0, 0.1) is 10.1 Å². The minimum absolute atomic E-state index is 0.0427. The van der Waals surface area contributed by atoms with Crippen LogP contribution in [-0.2, 0) is 6.54 Å². The first-order valence-corrected chi connectivity index (χ1v) is 12.1. The lowest BCUT2D eigenvalue weighted by molar-refractivity contribution is -0.384. The quantitative estimate of drug-likeness (QED) is 0.195. The monoisotopic (exact) mass is 498 g/mol. The molecule has 0 spiro atoms. The van der Waals surface area contributed by atoms with Gasteiger partial charge in [-0.2, -0.15) is 0 Å². The van der Waals surface area contributed by atoms with Gasteiger partial charge in [-0.15, -0.1) is 0 Å². The van der Waals surface area contributed by atoms with Crippen LogP contribution in [-0.4, -0.2) is 19.0 Å². The number of nitro groups is 1. The van der Waals surface area contributed by atoms with E-state index >= 15 is 0 Å². The molecule has 0 saturated carbocycles. The highest BCUT2D eigenvalue weighted by molar-refractivity contribution is 5.92. The Morgan fingerprint density at radius 2 is 1.47 bits per heavy atom. The number of hydrogen-bond donors (Lipinski definition) is 0. The van der Waals surface area contributed by atoms with Gasteiger partial charge < -0.3 is 4.57 Å². The van der Waals surface area contributed by atoms with E-state index in [0.717, 1.165) is 23.0 Å². The average molecular weight is 499 g/mol. The predicted molar refractivity (Wildman–Crippen MR) is 150 cm³/mol.